The Labute approximate surface area is 184 Å². The third-order valence-electron chi connectivity index (χ3n) is 5.29. The number of aliphatic imine (C=N–C) groups is 1. The summed E-state index contributed by atoms with van der Waals surface area (Å²) in [5.74, 6) is 0.320. The molecule has 0 atom stereocenters. The van der Waals surface area contributed by atoms with Crippen LogP contribution in [-0.2, 0) is 4.79 Å². The molecule has 9 heteroatoms. The lowest BCUT2D eigenvalue weighted by Gasteiger charge is -2.37. The van der Waals surface area contributed by atoms with Gasteiger partial charge in [-0.3, -0.25) is 9.79 Å². The molecule has 2 N–H and O–H groups in total. The van der Waals surface area contributed by atoms with Crippen LogP contribution in [0.25, 0.3) is 0 Å². The van der Waals surface area contributed by atoms with E-state index in [2.05, 4.69) is 10.6 Å². The minimum Gasteiger partial charge on any atom is -0.495 e. The second-order valence-corrected chi connectivity index (χ2v) is 8.09. The van der Waals surface area contributed by atoms with Gasteiger partial charge in [-0.25, -0.2) is 4.79 Å². The number of carbonyl (C=O) groups is 2. The maximum absolute atomic E-state index is 12.7. The molecule has 0 radical (unpaired) electrons. The molecule has 1 saturated heterocycles. The molecule has 0 bridgehead atoms. The molecule has 30 heavy (non-hydrogen) atoms. The first kappa shape index (κ1) is 20.5. The van der Waals surface area contributed by atoms with E-state index in [9.17, 15) is 9.59 Å². The quantitative estimate of drug-likeness (QED) is 0.748. The number of hydrogen-bond donors (Lipinski definition) is 2. The van der Waals surface area contributed by atoms with Crippen molar-refractivity contribution in [2.45, 2.75) is 18.5 Å². The van der Waals surface area contributed by atoms with Crippen molar-refractivity contribution in [3.8, 4) is 5.75 Å². The molecule has 0 unspecified atom stereocenters. The van der Waals surface area contributed by atoms with E-state index in [1.807, 2.05) is 0 Å². The molecule has 2 aromatic carbocycles. The average Bonchev–Trinajstić information content (AvgIpc) is 3.05. The number of hydrogen-bond acceptors (Lipinski definition) is 4. The van der Waals surface area contributed by atoms with E-state index in [1.165, 1.54) is 7.11 Å². The summed E-state index contributed by atoms with van der Waals surface area (Å²) in [6.07, 6.45) is 1.05. The van der Waals surface area contributed by atoms with Crippen molar-refractivity contribution in [3.63, 3.8) is 0 Å². The molecule has 2 aromatic rings. The van der Waals surface area contributed by atoms with Gasteiger partial charge in [-0.05, 0) is 30.3 Å². The number of nitrogens with zero attached hydrogens (tertiary/aromatic N) is 2. The van der Waals surface area contributed by atoms with E-state index in [-0.39, 0.29) is 11.9 Å². The smallest absolute Gasteiger partial charge is 0.321 e. The van der Waals surface area contributed by atoms with Gasteiger partial charge in [-0.2, -0.15) is 0 Å². The zero-order valence-electron chi connectivity index (χ0n) is 16.2. The summed E-state index contributed by atoms with van der Waals surface area (Å²) >= 11 is 12.0. The number of benzene rings is 2. The molecular formula is C21H20Cl2N4O3. The molecule has 0 aliphatic carbocycles. The van der Waals surface area contributed by atoms with Gasteiger partial charge in [0.1, 0.15) is 17.1 Å². The number of methoxy groups -OCH3 is 1. The highest BCUT2D eigenvalue weighted by Crippen LogP contribution is 2.31. The second kappa shape index (κ2) is 8.16. The largest absolute Gasteiger partial charge is 0.495 e. The molecule has 3 amide bonds. The highest BCUT2D eigenvalue weighted by Gasteiger charge is 2.42. The Hall–Kier alpha value is -2.77. The lowest BCUT2D eigenvalue weighted by molar-refractivity contribution is -0.115. The van der Waals surface area contributed by atoms with Crippen LogP contribution in [0.15, 0.2) is 47.5 Å². The minimum atomic E-state index is -0.684. The molecule has 7 nitrogen and oxygen atoms in total. The predicted molar refractivity (Wildman–Crippen MR) is 117 cm³/mol. The highest BCUT2D eigenvalue weighted by molar-refractivity contribution is 6.47. The third-order valence-corrected chi connectivity index (χ3v) is 5.77. The Morgan fingerprint density at radius 1 is 1.13 bits per heavy atom. The van der Waals surface area contributed by atoms with Crippen LogP contribution in [0.5, 0.6) is 5.75 Å². The molecular weight excluding hydrogens is 427 g/mol. The van der Waals surface area contributed by atoms with Gasteiger partial charge in [0.05, 0.1) is 12.8 Å². The number of amides is 3. The Balaban J connectivity index is 1.43. The molecule has 0 saturated carbocycles. The Bertz CT molecular complexity index is 1020. The summed E-state index contributed by atoms with van der Waals surface area (Å²) in [5.41, 5.74) is 0.944. The van der Waals surface area contributed by atoms with Crippen LogP contribution in [0.1, 0.15) is 18.4 Å². The zero-order valence-corrected chi connectivity index (χ0v) is 17.8. The summed E-state index contributed by atoms with van der Waals surface area (Å²) in [6.45, 7) is 0.902. The van der Waals surface area contributed by atoms with Crippen LogP contribution in [-0.4, -0.2) is 48.4 Å². The summed E-state index contributed by atoms with van der Waals surface area (Å²) in [4.78, 5) is 31.6. The number of ether oxygens (including phenoxy) is 1. The number of likely N-dealkylation sites (tertiary alicyclic amines) is 1. The standard InChI is InChI=1S/C21H20Cl2N4O3/c1-30-17-7-6-15(23)12-16(17)24-20(29)27-10-8-21(9-11-27)25-18(19(28)26-21)13-2-4-14(22)5-3-13/h2-7,12H,8-11H2,1H3,(H,24,29)(H,26,28). The van der Waals surface area contributed by atoms with Gasteiger partial charge in [0.15, 0.2) is 0 Å². The first-order valence-electron chi connectivity index (χ1n) is 9.47. The van der Waals surface area contributed by atoms with Crippen molar-refractivity contribution in [1.82, 2.24) is 10.2 Å². The number of nitrogens with one attached hydrogen (secondary N) is 2. The van der Waals surface area contributed by atoms with Crippen LogP contribution < -0.4 is 15.4 Å². The number of rotatable bonds is 3. The van der Waals surface area contributed by atoms with Gasteiger partial charge in [-0.1, -0.05) is 35.3 Å². The molecule has 156 valence electrons. The van der Waals surface area contributed by atoms with Crippen molar-refractivity contribution >= 4 is 46.5 Å². The Morgan fingerprint density at radius 3 is 2.47 bits per heavy atom. The summed E-state index contributed by atoms with van der Waals surface area (Å²) < 4.78 is 5.27. The molecule has 1 spiro atoms. The van der Waals surface area contributed by atoms with E-state index in [4.69, 9.17) is 32.9 Å². The SMILES string of the molecule is COc1ccc(Cl)cc1NC(=O)N1CCC2(CC1)N=C(c1ccc(Cl)cc1)C(=O)N2. The minimum absolute atomic E-state index is 0.209. The lowest BCUT2D eigenvalue weighted by Crippen LogP contribution is -2.53. The van der Waals surface area contributed by atoms with E-state index < -0.39 is 5.66 Å². The van der Waals surface area contributed by atoms with Gasteiger partial charge in [0.25, 0.3) is 5.91 Å². The molecule has 0 aromatic heterocycles. The van der Waals surface area contributed by atoms with E-state index in [0.29, 0.717) is 53.1 Å². The molecule has 4 rings (SSSR count). The molecule has 2 aliphatic heterocycles. The van der Waals surface area contributed by atoms with Crippen molar-refractivity contribution in [3.05, 3.63) is 58.1 Å². The fourth-order valence-electron chi connectivity index (χ4n) is 3.66. The third kappa shape index (κ3) is 4.08. The predicted octanol–water partition coefficient (Wildman–Crippen LogP) is 3.95. The van der Waals surface area contributed by atoms with E-state index in [1.54, 1.807) is 47.4 Å². The topological polar surface area (TPSA) is 83.0 Å². The molecule has 2 aliphatic rings. The Morgan fingerprint density at radius 2 is 1.80 bits per heavy atom. The maximum atomic E-state index is 12.7. The van der Waals surface area contributed by atoms with Gasteiger partial charge in [-0.15, -0.1) is 0 Å². The Kier molecular flexibility index (Phi) is 5.58. The van der Waals surface area contributed by atoms with Crippen LogP contribution in [0.4, 0.5) is 10.5 Å². The average molecular weight is 447 g/mol. The highest BCUT2D eigenvalue weighted by atomic mass is 35.5. The van der Waals surface area contributed by atoms with Crippen molar-refractivity contribution in [2.24, 2.45) is 4.99 Å². The number of halogens is 2. The molecule has 1 fully saturated rings. The first-order valence-corrected chi connectivity index (χ1v) is 10.2. The van der Waals surface area contributed by atoms with Gasteiger partial charge >= 0.3 is 6.03 Å². The van der Waals surface area contributed by atoms with Crippen LogP contribution in [0, 0.1) is 0 Å². The second-order valence-electron chi connectivity index (χ2n) is 7.21. The number of anilines is 1. The van der Waals surface area contributed by atoms with Crippen LogP contribution in [0.2, 0.25) is 10.0 Å². The maximum Gasteiger partial charge on any atom is 0.321 e. The summed E-state index contributed by atoms with van der Waals surface area (Å²) in [5, 5.41) is 6.94. The van der Waals surface area contributed by atoms with Crippen LogP contribution in [0.3, 0.4) is 0 Å². The number of piperidine rings is 1. The van der Waals surface area contributed by atoms with Gasteiger partial charge < -0.3 is 20.3 Å². The summed E-state index contributed by atoms with van der Waals surface area (Å²) in [7, 11) is 1.53. The van der Waals surface area contributed by atoms with Crippen molar-refractivity contribution in [2.75, 3.05) is 25.5 Å². The normalized spacial score (nSPS) is 17.5. The lowest BCUT2D eigenvalue weighted by atomic mass is 9.98. The van der Waals surface area contributed by atoms with E-state index in [0.717, 1.165) is 5.56 Å². The van der Waals surface area contributed by atoms with E-state index >= 15 is 0 Å². The zero-order chi connectivity index (χ0) is 21.3. The fourth-order valence-corrected chi connectivity index (χ4v) is 3.95. The number of urea groups is 1. The fraction of sp³-hybridized carbons (Fsp3) is 0.286. The van der Waals surface area contributed by atoms with Crippen molar-refractivity contribution in [1.29, 1.82) is 0 Å². The van der Waals surface area contributed by atoms with Gasteiger partial charge in [0.2, 0.25) is 0 Å². The molecule has 2 heterocycles. The monoisotopic (exact) mass is 446 g/mol. The number of carbonyl (C=O) groups excluding carboxylic acids is 2. The first-order chi connectivity index (χ1) is 14.4. The van der Waals surface area contributed by atoms with Crippen LogP contribution >= 0.6 is 23.2 Å². The van der Waals surface area contributed by atoms with Crippen molar-refractivity contribution < 1.29 is 14.3 Å². The van der Waals surface area contributed by atoms with Gasteiger partial charge in [0, 0.05) is 41.5 Å². The summed E-state index contributed by atoms with van der Waals surface area (Å²) in [6, 6.07) is 11.8.